The molecular formula is C52H60BClN6O14S3. The maximum Gasteiger partial charge on any atom is 0.417 e. The first-order valence-electron chi connectivity index (χ1n) is 23.9. The van der Waals surface area contributed by atoms with Crippen LogP contribution in [0.25, 0.3) is 0 Å². The van der Waals surface area contributed by atoms with Crippen molar-refractivity contribution < 1.29 is 66.7 Å². The maximum atomic E-state index is 14.8. The number of fused-ring (bicyclic) bond motifs is 1. The van der Waals surface area contributed by atoms with Crippen molar-refractivity contribution in [3.8, 4) is 23.0 Å². The van der Waals surface area contributed by atoms with Crippen molar-refractivity contribution in [2.75, 3.05) is 45.8 Å². The zero-order valence-electron chi connectivity index (χ0n) is 44.5. The first-order chi connectivity index (χ1) is 36.2. The van der Waals surface area contributed by atoms with Gasteiger partial charge in [-0.25, -0.2) is 19.5 Å². The van der Waals surface area contributed by atoms with E-state index in [1.165, 1.54) is 37.2 Å². The first-order valence-corrected chi connectivity index (χ1v) is 27.0. The average Bonchev–Trinajstić information content (AvgIpc) is 3.98. The van der Waals surface area contributed by atoms with Crippen LogP contribution in [0.2, 0.25) is 5.02 Å². The van der Waals surface area contributed by atoms with Crippen LogP contribution in [0.15, 0.2) is 76.2 Å². The van der Waals surface area contributed by atoms with Gasteiger partial charge in [-0.05, 0) is 103 Å². The Hall–Kier alpha value is -6.50. The van der Waals surface area contributed by atoms with Gasteiger partial charge >= 0.3 is 26.1 Å². The number of halogens is 1. The molecule has 25 heteroatoms. The molecule has 0 aliphatic carbocycles. The number of imide groups is 1. The van der Waals surface area contributed by atoms with Crippen molar-refractivity contribution in [3.05, 3.63) is 93.5 Å². The number of aromatic nitrogens is 1. The van der Waals surface area contributed by atoms with Crippen molar-refractivity contribution >= 4 is 107 Å². The number of carbonyl (C=O) groups is 6. The summed E-state index contributed by atoms with van der Waals surface area (Å²) in [5.41, 5.74) is 3.58. The molecule has 2 aliphatic rings. The molecule has 410 valence electrons. The number of aliphatic imine (C=N–C) groups is 1. The summed E-state index contributed by atoms with van der Waals surface area (Å²) in [7, 11) is 9.99. The number of nitrogens with zero attached hydrogens (tertiary/aromatic N) is 5. The average molecular weight is 1140 g/mol. The Morgan fingerprint density at radius 2 is 1.48 bits per heavy atom. The second-order valence-electron chi connectivity index (χ2n) is 19.9. The minimum atomic E-state index is -1.64. The molecule has 1 aromatic heterocycles. The number of thioether (sulfide) groups is 2. The lowest BCUT2D eigenvalue weighted by molar-refractivity contribution is -0.179. The van der Waals surface area contributed by atoms with Crippen LogP contribution in [0.3, 0.4) is 0 Å². The molecular weight excluding hydrogens is 1080 g/mol. The van der Waals surface area contributed by atoms with E-state index in [9.17, 15) is 28.8 Å². The van der Waals surface area contributed by atoms with E-state index < -0.39 is 74.2 Å². The highest BCUT2D eigenvalue weighted by Crippen LogP contribution is 2.56. The fourth-order valence-electron chi connectivity index (χ4n) is 7.51. The second kappa shape index (κ2) is 24.9. The molecule has 20 nitrogen and oxygen atoms in total. The van der Waals surface area contributed by atoms with Gasteiger partial charge in [0.25, 0.3) is 5.91 Å². The van der Waals surface area contributed by atoms with Gasteiger partial charge in [0.1, 0.15) is 47.3 Å². The van der Waals surface area contributed by atoms with Crippen molar-refractivity contribution in [1.29, 1.82) is 0 Å². The number of anilines is 1. The zero-order valence-corrected chi connectivity index (χ0v) is 47.7. The predicted molar refractivity (Wildman–Crippen MR) is 294 cm³/mol. The quantitative estimate of drug-likeness (QED) is 0.0259. The molecule has 3 heterocycles. The monoisotopic (exact) mass is 1130 g/mol. The highest BCUT2D eigenvalue weighted by molar-refractivity contribution is 8.20. The normalized spacial score (nSPS) is 17.6. The summed E-state index contributed by atoms with van der Waals surface area (Å²) in [6, 6.07) is 17.6. The van der Waals surface area contributed by atoms with Crippen molar-refractivity contribution in [2.45, 2.75) is 101 Å². The van der Waals surface area contributed by atoms with Gasteiger partial charge in [0.05, 0.1) is 37.1 Å². The summed E-state index contributed by atoms with van der Waals surface area (Å²) in [5.74, 6) is -3.09. The van der Waals surface area contributed by atoms with E-state index >= 15 is 0 Å². The minimum absolute atomic E-state index is 0.0358. The molecule has 2 N–H and O–H groups in total. The fraction of sp³-hybridized carbons (Fsp3) is 0.442. The number of oxime groups is 1. The SMILES string of the molecule is [B]OC(=O)[C@@]1(SCCN(C(=O)OC(C)(C)C)C(=O)C(=NC)c2ccc(OCc3ccc(OC)cc3)c(OCc3ccc(OC)cc3)c2Cl)CN2C(=O)C(CC(=O)/C(=N\OC(C)(C)C(=O)OC(C)(C)C)c3csc(N)n3)[C@H]2S1. The van der Waals surface area contributed by atoms with E-state index in [0.717, 1.165) is 50.9 Å². The summed E-state index contributed by atoms with van der Waals surface area (Å²) in [5, 5.41) is 4.89. The molecule has 0 spiro atoms. The standard InChI is InChI=1S/C52H60BClN6O14S3/c1-49(2,3)71-45(64)51(7,8)74-58-40(35-27-75-47(55)57-35)36(61)24-34-42(62)60-28-52(46(65)73-53,77-44(34)60)76-23-22-59(48(66)72-50(4,5)6)43(63)39(56-9)33-20-21-37(69-25-29-12-16-31(67-10)17-13-29)41(38(33)54)70-26-30-14-18-32(68-11)19-15-30/h12-21,27,34,44H,22-26,28H2,1-11H3,(H2,55,57)/b56-39?,58-40-/t34?,44-,52-/m1/s1. The lowest BCUT2D eigenvalue weighted by atomic mass is 9.90. The molecule has 0 saturated carbocycles. The van der Waals surface area contributed by atoms with Crippen LogP contribution in [-0.4, -0.2) is 136 Å². The Bertz CT molecular complexity index is 2910. The lowest BCUT2D eigenvalue weighted by Crippen LogP contribution is -2.57. The third-order valence-electron chi connectivity index (χ3n) is 11.4. The number of hydrogen-bond acceptors (Lipinski definition) is 21. The Balaban J connectivity index is 1.23. The lowest BCUT2D eigenvalue weighted by Gasteiger charge is -2.41. The van der Waals surface area contributed by atoms with E-state index in [4.69, 9.17) is 63.3 Å². The van der Waals surface area contributed by atoms with E-state index in [0.29, 0.717) is 11.5 Å². The van der Waals surface area contributed by atoms with Gasteiger partial charge in [0.2, 0.25) is 11.5 Å². The number of rotatable bonds is 22. The number of nitrogens with two attached hydrogens (primary N) is 1. The number of Topliss-reactive ketones (excluding diaryl/α,β-unsaturated/α-hetero) is 1. The Morgan fingerprint density at radius 1 is 0.883 bits per heavy atom. The van der Waals surface area contributed by atoms with E-state index in [-0.39, 0.29) is 76.4 Å². The number of ether oxygens (including phenoxy) is 6. The van der Waals surface area contributed by atoms with E-state index in [1.54, 1.807) is 86.1 Å². The number of β-lactam (4-membered cyclic amide) rings is 1. The molecule has 77 heavy (non-hydrogen) atoms. The molecule has 2 saturated heterocycles. The van der Waals surface area contributed by atoms with Crippen LogP contribution in [0.5, 0.6) is 23.0 Å². The number of esters is 1. The van der Waals surface area contributed by atoms with Crippen molar-refractivity contribution in [1.82, 2.24) is 14.8 Å². The third kappa shape index (κ3) is 14.8. The third-order valence-corrected chi connectivity index (χ3v) is 15.7. The summed E-state index contributed by atoms with van der Waals surface area (Å²) >= 11 is 10.2. The number of hydrogen-bond donors (Lipinski definition) is 1. The highest BCUT2D eigenvalue weighted by atomic mass is 35.5. The Labute approximate surface area is 465 Å². The molecule has 3 aromatic carbocycles. The highest BCUT2D eigenvalue weighted by Gasteiger charge is 2.62. The number of ketones is 1. The molecule has 0 bridgehead atoms. The molecule has 6 rings (SSSR count). The van der Waals surface area contributed by atoms with Gasteiger partial charge in [-0.3, -0.25) is 24.2 Å². The Morgan fingerprint density at radius 3 is 2.01 bits per heavy atom. The van der Waals surface area contributed by atoms with Crippen LogP contribution in [0.4, 0.5) is 9.93 Å². The summed E-state index contributed by atoms with van der Waals surface area (Å²) in [6.45, 7) is 12.4. The smallest absolute Gasteiger partial charge is 0.417 e. The summed E-state index contributed by atoms with van der Waals surface area (Å²) < 4.78 is 37.5. The van der Waals surface area contributed by atoms with Crippen molar-refractivity contribution in [2.24, 2.45) is 16.1 Å². The summed E-state index contributed by atoms with van der Waals surface area (Å²) in [6.07, 6.45) is -1.43. The predicted octanol–water partition coefficient (Wildman–Crippen LogP) is 7.82. The molecule has 1 unspecified atom stereocenters. The molecule has 4 aromatic rings. The molecule has 2 radical (unpaired) electrons. The van der Waals surface area contributed by atoms with Crippen LogP contribution < -0.4 is 24.7 Å². The number of carbonyl (C=O) groups excluding carboxylic acids is 6. The van der Waals surface area contributed by atoms with Crippen LogP contribution in [-0.2, 0) is 56.2 Å². The van der Waals surface area contributed by atoms with Gasteiger partial charge in [0, 0.05) is 36.7 Å². The van der Waals surface area contributed by atoms with Gasteiger partial charge in [-0.1, -0.05) is 41.0 Å². The molecule has 2 fully saturated rings. The number of benzene rings is 3. The number of thiazole rings is 1. The van der Waals surface area contributed by atoms with Crippen molar-refractivity contribution in [3.63, 3.8) is 0 Å². The first kappa shape index (κ1) is 59.7. The van der Waals surface area contributed by atoms with Crippen LogP contribution in [0, 0.1) is 5.92 Å². The minimum Gasteiger partial charge on any atom is -0.542 e. The van der Waals surface area contributed by atoms with Gasteiger partial charge in [-0.15, -0.1) is 34.9 Å². The maximum absolute atomic E-state index is 14.8. The van der Waals surface area contributed by atoms with Gasteiger partial charge < -0.3 is 48.5 Å². The van der Waals surface area contributed by atoms with Crippen LogP contribution in [0.1, 0.15) is 84.2 Å². The molecule has 2 aliphatic heterocycles. The zero-order chi connectivity index (χ0) is 56.6. The topological polar surface area (TPSA) is 246 Å². The number of nitrogen functional groups attached to an aromatic ring is 1. The molecule has 3 atom stereocenters. The van der Waals surface area contributed by atoms with E-state index in [1.807, 2.05) is 24.3 Å². The number of methoxy groups -OCH3 is 2. The van der Waals surface area contributed by atoms with Gasteiger partial charge in [-0.2, -0.15) is 0 Å². The second-order valence-corrected chi connectivity index (χ2v) is 24.2. The molecule has 3 amide bonds. The van der Waals surface area contributed by atoms with Gasteiger partial charge in [0.15, 0.2) is 32.2 Å². The largest absolute Gasteiger partial charge is 0.542 e. The fourth-order valence-corrected chi connectivity index (χ4v) is 11.6. The Kier molecular flexibility index (Phi) is 19.3. The number of amides is 3. The summed E-state index contributed by atoms with van der Waals surface area (Å²) in [4.78, 5) is 99.6. The van der Waals surface area contributed by atoms with Crippen LogP contribution >= 0.6 is 46.5 Å². The van der Waals surface area contributed by atoms with E-state index in [2.05, 4.69) is 15.1 Å².